The molecule has 28 heavy (non-hydrogen) atoms. The molecule has 0 saturated carbocycles. The highest BCUT2D eigenvalue weighted by atomic mass is 16.5. The van der Waals surface area contributed by atoms with Crippen LogP contribution in [0.15, 0.2) is 59.9 Å². The van der Waals surface area contributed by atoms with Crippen LogP contribution in [0.5, 0.6) is 0 Å². The lowest BCUT2D eigenvalue weighted by Crippen LogP contribution is -2.48. The van der Waals surface area contributed by atoms with Crippen molar-refractivity contribution in [2.24, 2.45) is 0 Å². The summed E-state index contributed by atoms with van der Waals surface area (Å²) in [5.74, 6) is -0.387. The molecule has 1 aromatic carbocycles. The Morgan fingerprint density at radius 3 is 2.79 bits per heavy atom. The molecule has 0 radical (unpaired) electrons. The highest BCUT2D eigenvalue weighted by molar-refractivity contribution is 5.93. The summed E-state index contributed by atoms with van der Waals surface area (Å²) in [7, 11) is 0. The number of nitrogens with zero attached hydrogens (tertiary/aromatic N) is 2. The van der Waals surface area contributed by atoms with E-state index in [0.29, 0.717) is 24.4 Å². The lowest BCUT2D eigenvalue weighted by Gasteiger charge is -2.38. The van der Waals surface area contributed by atoms with Crippen molar-refractivity contribution in [2.45, 2.75) is 19.5 Å². The molecule has 146 valence electrons. The number of ether oxygens (including phenoxy) is 1. The van der Waals surface area contributed by atoms with E-state index >= 15 is 0 Å². The Morgan fingerprint density at radius 1 is 1.18 bits per heavy atom. The molecule has 7 nitrogen and oxygen atoms in total. The van der Waals surface area contributed by atoms with Crippen molar-refractivity contribution in [3.8, 4) is 0 Å². The van der Waals surface area contributed by atoms with Crippen molar-refractivity contribution in [3.05, 3.63) is 71.2 Å². The summed E-state index contributed by atoms with van der Waals surface area (Å²) in [5.41, 5.74) is 3.48. The zero-order chi connectivity index (χ0) is 19.5. The minimum absolute atomic E-state index is 0.0488. The van der Waals surface area contributed by atoms with Crippen LogP contribution < -0.4 is 10.6 Å². The molecule has 0 spiro atoms. The molecule has 1 aromatic heterocycles. The first-order valence-corrected chi connectivity index (χ1v) is 9.55. The normalized spacial score (nSPS) is 19.6. The lowest BCUT2D eigenvalue weighted by molar-refractivity contribution is -0.138. The molecule has 3 heterocycles. The molecule has 0 fully saturated rings. The van der Waals surface area contributed by atoms with E-state index in [9.17, 15) is 9.59 Å². The van der Waals surface area contributed by atoms with E-state index in [4.69, 9.17) is 4.74 Å². The van der Waals surface area contributed by atoms with Crippen molar-refractivity contribution in [3.63, 3.8) is 0 Å². The van der Waals surface area contributed by atoms with Gasteiger partial charge in [-0.25, -0.2) is 9.59 Å². The number of esters is 1. The number of fused-ring (bicyclic) bond motifs is 1. The smallest absolute Gasteiger partial charge is 0.337 e. The van der Waals surface area contributed by atoms with Gasteiger partial charge in [0.15, 0.2) is 0 Å². The van der Waals surface area contributed by atoms with Crippen LogP contribution in [-0.2, 0) is 16.1 Å². The van der Waals surface area contributed by atoms with E-state index in [2.05, 4.69) is 50.6 Å². The van der Waals surface area contributed by atoms with Gasteiger partial charge in [0.25, 0.3) is 0 Å². The van der Waals surface area contributed by atoms with Crippen molar-refractivity contribution in [1.82, 2.24) is 20.1 Å². The van der Waals surface area contributed by atoms with Gasteiger partial charge in [-0.2, -0.15) is 0 Å². The first kappa shape index (κ1) is 18.3. The Labute approximate surface area is 164 Å². The minimum Gasteiger partial charge on any atom is -0.463 e. The second-order valence-corrected chi connectivity index (χ2v) is 6.90. The Morgan fingerprint density at radius 2 is 2.00 bits per heavy atom. The predicted octanol–water partition coefficient (Wildman–Crippen LogP) is 2.02. The topological polar surface area (TPSA) is 75.6 Å². The van der Waals surface area contributed by atoms with Gasteiger partial charge < -0.3 is 19.9 Å². The van der Waals surface area contributed by atoms with Crippen molar-refractivity contribution in [2.75, 3.05) is 26.2 Å². The largest absolute Gasteiger partial charge is 0.463 e. The van der Waals surface area contributed by atoms with Gasteiger partial charge in [-0.05, 0) is 24.6 Å². The summed E-state index contributed by atoms with van der Waals surface area (Å²) < 4.78 is 7.44. The van der Waals surface area contributed by atoms with Gasteiger partial charge in [0.05, 0.1) is 24.8 Å². The molecule has 1 atom stereocenters. The highest BCUT2D eigenvalue weighted by Crippen LogP contribution is 2.33. The first-order valence-electron chi connectivity index (χ1n) is 9.55. The van der Waals surface area contributed by atoms with Crippen molar-refractivity contribution in [1.29, 1.82) is 0 Å². The van der Waals surface area contributed by atoms with Crippen molar-refractivity contribution >= 4 is 12.0 Å². The van der Waals surface area contributed by atoms with Crippen LogP contribution in [0.4, 0.5) is 4.79 Å². The Kier molecular flexibility index (Phi) is 5.16. The molecule has 2 aliphatic rings. The Balaban J connectivity index is 1.68. The third-order valence-electron chi connectivity index (χ3n) is 5.19. The number of urea groups is 1. The molecule has 0 saturated heterocycles. The fourth-order valence-electron chi connectivity index (χ4n) is 3.90. The number of benzene rings is 1. The standard InChI is InChI=1S/C21H24N4O3/c1-2-28-20(26)16-13-22-21(27)23-17(16)14-25-12-11-24-10-6-9-18(24)19(25)15-7-4-3-5-8-15/h3-10,19H,2,11-14H2,1H3,(H2,22,23,27)/t19-/m0/s1. The van der Waals surface area contributed by atoms with Gasteiger partial charge in [-0.3, -0.25) is 4.90 Å². The van der Waals surface area contributed by atoms with Gasteiger partial charge in [-0.1, -0.05) is 30.3 Å². The predicted molar refractivity (Wildman–Crippen MR) is 104 cm³/mol. The van der Waals surface area contributed by atoms with Gasteiger partial charge in [0.1, 0.15) is 0 Å². The molecule has 0 aliphatic carbocycles. The number of carbonyl (C=O) groups excluding carboxylic acids is 2. The summed E-state index contributed by atoms with van der Waals surface area (Å²) in [5, 5.41) is 5.48. The Bertz CT molecular complexity index is 903. The summed E-state index contributed by atoms with van der Waals surface area (Å²) in [6.07, 6.45) is 2.10. The van der Waals surface area contributed by atoms with E-state index in [1.165, 1.54) is 11.3 Å². The average Bonchev–Trinajstić information content (AvgIpc) is 3.17. The van der Waals surface area contributed by atoms with Crippen LogP contribution in [-0.4, -0.2) is 47.7 Å². The quantitative estimate of drug-likeness (QED) is 0.779. The second-order valence-electron chi connectivity index (χ2n) is 6.90. The maximum atomic E-state index is 12.4. The molecule has 2 aliphatic heterocycles. The monoisotopic (exact) mass is 380 g/mol. The zero-order valence-electron chi connectivity index (χ0n) is 15.9. The molecule has 4 rings (SSSR count). The average molecular weight is 380 g/mol. The lowest BCUT2D eigenvalue weighted by atomic mass is 9.99. The Hall–Kier alpha value is -3.06. The van der Waals surface area contributed by atoms with E-state index in [1.807, 2.05) is 18.2 Å². The van der Waals surface area contributed by atoms with Crippen LogP contribution >= 0.6 is 0 Å². The third-order valence-corrected chi connectivity index (χ3v) is 5.19. The molecular weight excluding hydrogens is 356 g/mol. The summed E-state index contributed by atoms with van der Waals surface area (Å²) in [4.78, 5) is 26.6. The van der Waals surface area contributed by atoms with E-state index in [1.54, 1.807) is 6.92 Å². The summed E-state index contributed by atoms with van der Waals surface area (Å²) >= 11 is 0. The third kappa shape index (κ3) is 3.53. The summed E-state index contributed by atoms with van der Waals surface area (Å²) in [6.45, 7) is 4.39. The number of nitrogens with one attached hydrogen (secondary N) is 2. The van der Waals surface area contributed by atoms with E-state index in [-0.39, 0.29) is 24.6 Å². The maximum absolute atomic E-state index is 12.4. The number of amides is 2. The molecule has 7 heteroatoms. The SMILES string of the molecule is CCOC(=O)C1=C(CN2CCn3cccc3[C@@H]2c2ccccc2)NC(=O)NC1. The molecule has 2 aromatic rings. The van der Waals surface area contributed by atoms with E-state index in [0.717, 1.165) is 13.1 Å². The van der Waals surface area contributed by atoms with E-state index < -0.39 is 0 Å². The highest BCUT2D eigenvalue weighted by Gasteiger charge is 2.32. The van der Waals surface area contributed by atoms with Crippen LogP contribution in [0, 0.1) is 0 Å². The fraction of sp³-hybridized carbons (Fsp3) is 0.333. The maximum Gasteiger partial charge on any atom is 0.337 e. The minimum atomic E-state index is -0.387. The molecule has 2 N–H and O–H groups in total. The molecular formula is C21H24N4O3. The van der Waals surface area contributed by atoms with Crippen LogP contribution in [0.1, 0.15) is 24.2 Å². The summed E-state index contributed by atoms with van der Waals surface area (Å²) in [6, 6.07) is 14.2. The number of hydrogen-bond donors (Lipinski definition) is 2. The van der Waals surface area contributed by atoms with Crippen LogP contribution in [0.25, 0.3) is 0 Å². The second kappa shape index (κ2) is 7.90. The zero-order valence-corrected chi connectivity index (χ0v) is 15.9. The molecule has 0 unspecified atom stereocenters. The van der Waals surface area contributed by atoms with Gasteiger partial charge in [0, 0.05) is 37.2 Å². The number of carbonyl (C=O) groups is 2. The molecule has 2 amide bonds. The van der Waals surface area contributed by atoms with Crippen LogP contribution in [0.3, 0.4) is 0 Å². The molecule has 0 bridgehead atoms. The van der Waals surface area contributed by atoms with Gasteiger partial charge >= 0.3 is 12.0 Å². The number of hydrogen-bond acceptors (Lipinski definition) is 4. The fourth-order valence-corrected chi connectivity index (χ4v) is 3.90. The first-order chi connectivity index (χ1) is 13.7. The van der Waals surface area contributed by atoms with Gasteiger partial charge in [0.2, 0.25) is 0 Å². The number of aromatic nitrogens is 1. The van der Waals surface area contributed by atoms with Crippen molar-refractivity contribution < 1.29 is 14.3 Å². The van der Waals surface area contributed by atoms with Gasteiger partial charge in [-0.15, -0.1) is 0 Å². The van der Waals surface area contributed by atoms with Crippen LogP contribution in [0.2, 0.25) is 0 Å². The number of rotatable bonds is 5.